The van der Waals surface area contributed by atoms with E-state index in [0.717, 1.165) is 11.1 Å². The van der Waals surface area contributed by atoms with E-state index in [0.29, 0.717) is 23.4 Å². The lowest BCUT2D eigenvalue weighted by molar-refractivity contribution is 0.104. The smallest absolute Gasteiger partial charge is 0.267 e. The van der Waals surface area contributed by atoms with E-state index in [4.69, 9.17) is 0 Å². The monoisotopic (exact) mass is 392 g/mol. The van der Waals surface area contributed by atoms with Gasteiger partial charge < -0.3 is 0 Å². The fraction of sp³-hybridized carbons (Fsp3) is 0.0385. The molecule has 0 fully saturated rings. The van der Waals surface area contributed by atoms with Crippen LogP contribution in [0.2, 0.25) is 0 Å². The number of hydrogen-bond acceptors (Lipinski definition) is 3. The third-order valence-electron chi connectivity index (χ3n) is 4.72. The molecular formula is C26H20N2O2. The van der Waals surface area contributed by atoms with E-state index >= 15 is 0 Å². The Bertz CT molecular complexity index is 1230. The zero-order valence-electron chi connectivity index (χ0n) is 16.3. The van der Waals surface area contributed by atoms with Crippen molar-refractivity contribution in [1.29, 1.82) is 0 Å². The molecule has 0 bridgehead atoms. The van der Waals surface area contributed by atoms with E-state index in [1.165, 1.54) is 16.8 Å². The second kappa shape index (κ2) is 8.97. The summed E-state index contributed by atoms with van der Waals surface area (Å²) >= 11 is 0. The maximum atomic E-state index is 12.7. The van der Waals surface area contributed by atoms with E-state index in [1.54, 1.807) is 18.2 Å². The summed E-state index contributed by atoms with van der Waals surface area (Å²) in [5, 5.41) is 4.63. The summed E-state index contributed by atoms with van der Waals surface area (Å²) in [6.07, 6.45) is 3.15. The molecule has 0 saturated carbocycles. The number of nitrogens with zero attached hydrogens (tertiary/aromatic N) is 2. The van der Waals surface area contributed by atoms with Gasteiger partial charge in [-0.1, -0.05) is 91.0 Å². The van der Waals surface area contributed by atoms with E-state index < -0.39 is 0 Å². The molecule has 0 saturated heterocycles. The normalized spacial score (nSPS) is 10.9. The second-order valence-corrected chi connectivity index (χ2v) is 6.86. The molecule has 0 unspecified atom stereocenters. The third-order valence-corrected chi connectivity index (χ3v) is 4.72. The predicted molar refractivity (Wildman–Crippen MR) is 119 cm³/mol. The van der Waals surface area contributed by atoms with Crippen molar-refractivity contribution in [2.24, 2.45) is 0 Å². The third kappa shape index (κ3) is 4.50. The minimum Gasteiger partial charge on any atom is -0.289 e. The Morgan fingerprint density at radius 2 is 1.43 bits per heavy atom. The van der Waals surface area contributed by atoms with Gasteiger partial charge in [-0.2, -0.15) is 5.10 Å². The number of ketones is 1. The first-order valence-electron chi connectivity index (χ1n) is 9.70. The van der Waals surface area contributed by atoms with Crippen molar-refractivity contribution in [2.45, 2.75) is 6.54 Å². The maximum Gasteiger partial charge on any atom is 0.267 e. The fourth-order valence-electron chi connectivity index (χ4n) is 3.18. The molecule has 0 aliphatic heterocycles. The van der Waals surface area contributed by atoms with E-state index in [-0.39, 0.29) is 11.3 Å². The van der Waals surface area contributed by atoms with Gasteiger partial charge in [0.05, 0.1) is 12.2 Å². The van der Waals surface area contributed by atoms with Crippen LogP contribution < -0.4 is 5.56 Å². The molecule has 30 heavy (non-hydrogen) atoms. The Kier molecular flexibility index (Phi) is 5.76. The summed E-state index contributed by atoms with van der Waals surface area (Å²) in [6.45, 7) is 0.381. The highest BCUT2D eigenvalue weighted by atomic mass is 16.1. The molecule has 0 radical (unpaired) electrons. The first-order valence-corrected chi connectivity index (χ1v) is 9.70. The molecule has 0 aliphatic rings. The molecule has 4 heteroatoms. The standard InChI is InChI=1S/C26H20N2O2/c29-24(21-12-6-2-7-13-21)17-16-23-18-25(30)28(19-20-10-4-1-5-11-20)27-26(23)22-14-8-3-9-15-22/h1-18H,19H2/b17-16+. The van der Waals surface area contributed by atoms with Crippen molar-refractivity contribution in [1.82, 2.24) is 9.78 Å². The maximum absolute atomic E-state index is 12.7. The largest absolute Gasteiger partial charge is 0.289 e. The zero-order valence-corrected chi connectivity index (χ0v) is 16.3. The predicted octanol–water partition coefficient (Wildman–Crippen LogP) is 4.85. The van der Waals surface area contributed by atoms with Gasteiger partial charge >= 0.3 is 0 Å². The molecule has 4 rings (SSSR count). The molecule has 1 heterocycles. The number of benzene rings is 3. The summed E-state index contributed by atoms with van der Waals surface area (Å²) in [5.74, 6) is -0.122. The average molecular weight is 392 g/mol. The van der Waals surface area contributed by atoms with Crippen molar-refractivity contribution in [3.05, 3.63) is 130 Å². The van der Waals surface area contributed by atoms with Crippen LogP contribution in [-0.2, 0) is 6.54 Å². The highest BCUT2D eigenvalue weighted by Crippen LogP contribution is 2.21. The number of hydrogen-bond donors (Lipinski definition) is 0. The molecule has 0 spiro atoms. The Hall–Kier alpha value is -4.05. The minimum atomic E-state index is -0.217. The second-order valence-electron chi connectivity index (χ2n) is 6.86. The van der Waals surface area contributed by atoms with Gasteiger partial charge in [-0.15, -0.1) is 0 Å². The Labute approximate surface area is 174 Å². The topological polar surface area (TPSA) is 52.0 Å². The summed E-state index contributed by atoms with van der Waals surface area (Å²) in [7, 11) is 0. The number of aromatic nitrogens is 2. The van der Waals surface area contributed by atoms with Crippen molar-refractivity contribution in [3.8, 4) is 11.3 Å². The van der Waals surface area contributed by atoms with Crippen LogP contribution in [0.3, 0.4) is 0 Å². The van der Waals surface area contributed by atoms with Crippen LogP contribution in [0.15, 0.2) is 108 Å². The first-order chi connectivity index (χ1) is 14.7. The van der Waals surface area contributed by atoms with Gasteiger partial charge in [-0.3, -0.25) is 9.59 Å². The Morgan fingerprint density at radius 3 is 2.10 bits per heavy atom. The fourth-order valence-corrected chi connectivity index (χ4v) is 3.18. The summed E-state index contributed by atoms with van der Waals surface area (Å²) < 4.78 is 1.45. The molecule has 1 aromatic heterocycles. The average Bonchev–Trinajstić information content (AvgIpc) is 2.80. The number of rotatable bonds is 6. The van der Waals surface area contributed by atoms with E-state index in [9.17, 15) is 9.59 Å². The molecule has 3 aromatic carbocycles. The van der Waals surface area contributed by atoms with E-state index in [2.05, 4.69) is 5.10 Å². The zero-order chi connectivity index (χ0) is 20.8. The van der Waals surface area contributed by atoms with Gasteiger partial charge in [0.25, 0.3) is 5.56 Å². The molecule has 0 atom stereocenters. The quantitative estimate of drug-likeness (QED) is 0.348. The van der Waals surface area contributed by atoms with Gasteiger partial charge in [0, 0.05) is 22.8 Å². The van der Waals surface area contributed by atoms with Crippen LogP contribution in [0, 0.1) is 0 Å². The summed E-state index contributed by atoms with van der Waals surface area (Å²) in [6, 6.07) is 30.0. The number of carbonyl (C=O) groups is 1. The lowest BCUT2D eigenvalue weighted by Crippen LogP contribution is -2.24. The van der Waals surface area contributed by atoms with Crippen molar-refractivity contribution < 1.29 is 4.79 Å². The summed E-state index contributed by atoms with van der Waals surface area (Å²) in [5.41, 5.74) is 3.52. The van der Waals surface area contributed by atoms with Gasteiger partial charge in [-0.05, 0) is 17.7 Å². The van der Waals surface area contributed by atoms with Gasteiger partial charge in [0.1, 0.15) is 0 Å². The molecule has 4 nitrogen and oxygen atoms in total. The van der Waals surface area contributed by atoms with Crippen LogP contribution >= 0.6 is 0 Å². The first kappa shape index (κ1) is 19.3. The van der Waals surface area contributed by atoms with Crippen molar-refractivity contribution in [2.75, 3.05) is 0 Å². The minimum absolute atomic E-state index is 0.122. The van der Waals surface area contributed by atoms with Gasteiger partial charge in [0.2, 0.25) is 0 Å². The van der Waals surface area contributed by atoms with Crippen molar-refractivity contribution >= 4 is 11.9 Å². The molecule has 0 amide bonds. The number of carbonyl (C=O) groups excluding carboxylic acids is 1. The SMILES string of the molecule is O=C(/C=C/c1cc(=O)n(Cc2ccccc2)nc1-c1ccccc1)c1ccccc1. The molecular weight excluding hydrogens is 372 g/mol. The molecule has 146 valence electrons. The van der Waals surface area contributed by atoms with Crippen LogP contribution in [-0.4, -0.2) is 15.6 Å². The van der Waals surface area contributed by atoms with Crippen LogP contribution in [0.5, 0.6) is 0 Å². The lowest BCUT2D eigenvalue weighted by atomic mass is 10.0. The van der Waals surface area contributed by atoms with Crippen LogP contribution in [0.25, 0.3) is 17.3 Å². The Morgan fingerprint density at radius 1 is 0.833 bits per heavy atom. The van der Waals surface area contributed by atoms with E-state index in [1.807, 2.05) is 78.9 Å². The lowest BCUT2D eigenvalue weighted by Gasteiger charge is -2.10. The highest BCUT2D eigenvalue weighted by molar-refractivity contribution is 6.07. The van der Waals surface area contributed by atoms with Gasteiger partial charge in [0.15, 0.2) is 5.78 Å². The molecule has 0 N–H and O–H groups in total. The number of allylic oxidation sites excluding steroid dienone is 1. The Balaban J connectivity index is 1.74. The van der Waals surface area contributed by atoms with Gasteiger partial charge in [-0.25, -0.2) is 4.68 Å². The van der Waals surface area contributed by atoms with Crippen LogP contribution in [0.4, 0.5) is 0 Å². The molecule has 0 aliphatic carbocycles. The molecule has 4 aromatic rings. The van der Waals surface area contributed by atoms with Crippen LogP contribution in [0.1, 0.15) is 21.5 Å². The summed E-state index contributed by atoms with van der Waals surface area (Å²) in [4.78, 5) is 25.2. The van der Waals surface area contributed by atoms with Crippen molar-refractivity contribution in [3.63, 3.8) is 0 Å². The highest BCUT2D eigenvalue weighted by Gasteiger charge is 2.10.